The number of ether oxygens (including phenoxy) is 1. The lowest BCUT2D eigenvalue weighted by atomic mass is 10.2. The van der Waals surface area contributed by atoms with Crippen LogP contribution < -0.4 is 10.5 Å². The second-order valence-corrected chi connectivity index (χ2v) is 5.97. The third-order valence-corrected chi connectivity index (χ3v) is 3.64. The van der Waals surface area contributed by atoms with Crippen LogP contribution in [0.25, 0.3) is 0 Å². The van der Waals surface area contributed by atoms with Gasteiger partial charge in [0, 0.05) is 8.95 Å². The number of benzene rings is 2. The minimum Gasteiger partial charge on any atom is -0.455 e. The topological polar surface area (TPSA) is 59.1 Å². The van der Waals surface area contributed by atoms with Crippen molar-refractivity contribution in [2.45, 2.75) is 0 Å². The number of amidine groups is 1. The zero-order chi connectivity index (χ0) is 14.0. The van der Waals surface area contributed by atoms with Gasteiger partial charge < -0.3 is 10.5 Å². The second kappa shape index (κ2) is 5.94. The Labute approximate surface area is 132 Å². The molecule has 0 aromatic heterocycles. The molecule has 3 N–H and O–H groups in total. The van der Waals surface area contributed by atoms with Crippen LogP contribution in [0.5, 0.6) is 11.5 Å². The lowest BCUT2D eigenvalue weighted by molar-refractivity contribution is 0.481. The molecule has 0 aliphatic carbocycles. The molecule has 2 rings (SSSR count). The summed E-state index contributed by atoms with van der Waals surface area (Å²) in [5.74, 6) is 0.916. The van der Waals surface area contributed by atoms with Crippen LogP contribution in [0.2, 0.25) is 5.02 Å². The molecular formula is C13H9Br2ClN2O. The Hall–Kier alpha value is -1.04. The Balaban J connectivity index is 2.43. The maximum atomic E-state index is 7.57. The molecule has 6 heteroatoms. The molecule has 98 valence electrons. The number of hydrogen-bond acceptors (Lipinski definition) is 2. The van der Waals surface area contributed by atoms with E-state index in [4.69, 9.17) is 27.5 Å². The van der Waals surface area contributed by atoms with E-state index in [1.165, 1.54) is 0 Å². The van der Waals surface area contributed by atoms with E-state index in [0.717, 1.165) is 8.95 Å². The Morgan fingerprint density at radius 3 is 2.37 bits per heavy atom. The van der Waals surface area contributed by atoms with Crippen molar-refractivity contribution in [1.29, 1.82) is 5.41 Å². The number of rotatable bonds is 3. The zero-order valence-electron chi connectivity index (χ0n) is 9.58. The molecule has 0 aliphatic heterocycles. The van der Waals surface area contributed by atoms with Crippen molar-refractivity contribution >= 4 is 49.3 Å². The fourth-order valence-corrected chi connectivity index (χ4v) is 2.33. The molecule has 0 unspecified atom stereocenters. The van der Waals surface area contributed by atoms with E-state index < -0.39 is 0 Å². The number of nitrogens with two attached hydrogens (primary N) is 1. The predicted octanol–water partition coefficient (Wildman–Crippen LogP) is 4.94. The number of nitrogens with one attached hydrogen (secondary N) is 1. The van der Waals surface area contributed by atoms with Gasteiger partial charge in [0.15, 0.2) is 0 Å². The maximum Gasteiger partial charge on any atom is 0.147 e. The normalized spacial score (nSPS) is 10.3. The van der Waals surface area contributed by atoms with E-state index in [1.807, 2.05) is 12.1 Å². The summed E-state index contributed by atoms with van der Waals surface area (Å²) in [5, 5.41) is 8.06. The van der Waals surface area contributed by atoms with Crippen molar-refractivity contribution in [3.63, 3.8) is 0 Å². The molecule has 0 amide bonds. The molecular weight excluding hydrogens is 395 g/mol. The van der Waals surface area contributed by atoms with Crippen LogP contribution in [0.4, 0.5) is 0 Å². The van der Waals surface area contributed by atoms with E-state index in [-0.39, 0.29) is 5.84 Å². The fraction of sp³-hybridized carbons (Fsp3) is 0. The largest absolute Gasteiger partial charge is 0.455 e. The lowest BCUT2D eigenvalue weighted by Gasteiger charge is -2.12. The molecule has 0 heterocycles. The summed E-state index contributed by atoms with van der Waals surface area (Å²) in [6.45, 7) is 0. The Kier molecular flexibility index (Phi) is 4.50. The summed E-state index contributed by atoms with van der Waals surface area (Å²) in [6.07, 6.45) is 0. The van der Waals surface area contributed by atoms with Crippen LogP contribution in [-0.4, -0.2) is 5.84 Å². The van der Waals surface area contributed by atoms with Crippen LogP contribution >= 0.6 is 43.5 Å². The molecule has 2 aromatic rings. The molecule has 2 aromatic carbocycles. The molecule has 0 radical (unpaired) electrons. The first-order valence-electron chi connectivity index (χ1n) is 5.24. The van der Waals surface area contributed by atoms with Gasteiger partial charge in [-0.2, -0.15) is 0 Å². The fourth-order valence-electron chi connectivity index (χ4n) is 1.48. The average Bonchev–Trinajstić information content (AvgIpc) is 2.35. The molecule has 3 nitrogen and oxygen atoms in total. The van der Waals surface area contributed by atoms with Gasteiger partial charge in [0.05, 0.1) is 10.6 Å². The van der Waals surface area contributed by atoms with E-state index >= 15 is 0 Å². The molecule has 0 aliphatic rings. The van der Waals surface area contributed by atoms with Crippen molar-refractivity contribution in [3.05, 3.63) is 55.9 Å². The van der Waals surface area contributed by atoms with E-state index in [2.05, 4.69) is 31.9 Å². The van der Waals surface area contributed by atoms with Crippen molar-refractivity contribution in [2.75, 3.05) is 0 Å². The summed E-state index contributed by atoms with van der Waals surface area (Å²) < 4.78 is 7.41. The van der Waals surface area contributed by atoms with Gasteiger partial charge in [-0.15, -0.1) is 0 Å². The Morgan fingerprint density at radius 1 is 1.05 bits per heavy atom. The van der Waals surface area contributed by atoms with Gasteiger partial charge in [-0.3, -0.25) is 5.41 Å². The number of halogens is 3. The molecule has 19 heavy (non-hydrogen) atoms. The van der Waals surface area contributed by atoms with Crippen molar-refractivity contribution < 1.29 is 4.74 Å². The molecule has 0 fully saturated rings. The van der Waals surface area contributed by atoms with Crippen LogP contribution in [0.3, 0.4) is 0 Å². The average molecular weight is 404 g/mol. The highest BCUT2D eigenvalue weighted by molar-refractivity contribution is 9.10. The first-order chi connectivity index (χ1) is 8.97. The smallest absolute Gasteiger partial charge is 0.147 e. The Bertz CT molecular complexity index is 647. The monoisotopic (exact) mass is 402 g/mol. The lowest BCUT2D eigenvalue weighted by Crippen LogP contribution is -2.12. The van der Waals surface area contributed by atoms with Crippen LogP contribution in [-0.2, 0) is 0 Å². The summed E-state index contributed by atoms with van der Waals surface area (Å²) in [7, 11) is 0. The summed E-state index contributed by atoms with van der Waals surface area (Å²) in [6, 6.07) is 10.6. The first-order valence-corrected chi connectivity index (χ1v) is 7.20. The van der Waals surface area contributed by atoms with Crippen LogP contribution in [0.1, 0.15) is 5.56 Å². The predicted molar refractivity (Wildman–Crippen MR) is 84.4 cm³/mol. The van der Waals surface area contributed by atoms with Gasteiger partial charge >= 0.3 is 0 Å². The van der Waals surface area contributed by atoms with Gasteiger partial charge in [0.2, 0.25) is 0 Å². The van der Waals surface area contributed by atoms with Gasteiger partial charge in [-0.05, 0) is 36.4 Å². The van der Waals surface area contributed by atoms with E-state index in [1.54, 1.807) is 24.3 Å². The zero-order valence-corrected chi connectivity index (χ0v) is 13.5. The Morgan fingerprint density at radius 2 is 1.68 bits per heavy atom. The third-order valence-electron chi connectivity index (χ3n) is 2.34. The van der Waals surface area contributed by atoms with E-state index in [9.17, 15) is 0 Å². The van der Waals surface area contributed by atoms with Crippen molar-refractivity contribution in [1.82, 2.24) is 0 Å². The van der Waals surface area contributed by atoms with Gasteiger partial charge in [-0.1, -0.05) is 43.5 Å². The second-order valence-electron chi connectivity index (χ2n) is 3.73. The standard InChI is InChI=1S/C13H9Br2ClN2O/c14-7-2-4-11(9(5-7)13(17)18)19-12-6-8(15)1-3-10(12)16/h1-6H,(H3,17,18). The summed E-state index contributed by atoms with van der Waals surface area (Å²) in [4.78, 5) is 0. The van der Waals surface area contributed by atoms with Gasteiger partial charge in [-0.25, -0.2) is 0 Å². The highest BCUT2D eigenvalue weighted by Crippen LogP contribution is 2.34. The maximum absolute atomic E-state index is 7.57. The SMILES string of the molecule is N=C(N)c1cc(Br)ccc1Oc1cc(Br)ccc1Cl. The molecule has 0 spiro atoms. The third kappa shape index (κ3) is 3.49. The number of hydrogen-bond donors (Lipinski definition) is 2. The van der Waals surface area contributed by atoms with Crippen LogP contribution in [0.15, 0.2) is 45.3 Å². The first kappa shape index (κ1) is 14.4. The highest BCUT2D eigenvalue weighted by Gasteiger charge is 2.11. The van der Waals surface area contributed by atoms with Crippen molar-refractivity contribution in [2.24, 2.45) is 5.73 Å². The quantitative estimate of drug-likeness (QED) is 0.562. The van der Waals surface area contributed by atoms with Gasteiger partial charge in [0.25, 0.3) is 0 Å². The number of nitrogen functional groups attached to an aromatic ring is 1. The molecule has 0 atom stereocenters. The molecule has 0 saturated carbocycles. The summed E-state index contributed by atoms with van der Waals surface area (Å²) in [5.41, 5.74) is 6.05. The molecule has 0 saturated heterocycles. The highest BCUT2D eigenvalue weighted by atomic mass is 79.9. The van der Waals surface area contributed by atoms with Crippen molar-refractivity contribution in [3.8, 4) is 11.5 Å². The van der Waals surface area contributed by atoms with Gasteiger partial charge in [0.1, 0.15) is 17.3 Å². The summed E-state index contributed by atoms with van der Waals surface area (Å²) >= 11 is 12.8. The van der Waals surface area contributed by atoms with E-state index in [0.29, 0.717) is 22.1 Å². The minimum atomic E-state index is -0.0672. The minimum absolute atomic E-state index is 0.0672. The van der Waals surface area contributed by atoms with Crippen LogP contribution in [0, 0.1) is 5.41 Å². The molecule has 0 bridgehead atoms.